The minimum atomic E-state index is 0.600. The average Bonchev–Trinajstić information content (AvgIpc) is 2.64. The van der Waals surface area contributed by atoms with Crippen molar-refractivity contribution in [3.8, 4) is 11.1 Å². The first kappa shape index (κ1) is 15.2. The van der Waals surface area contributed by atoms with E-state index in [0.717, 1.165) is 29.7 Å². The number of aryl methyl sites for hydroxylation is 2. The number of aromatic nitrogens is 2. The average molecular weight is 312 g/mol. The molecule has 0 spiro atoms. The molecule has 1 aromatic heterocycles. The van der Waals surface area contributed by atoms with Crippen molar-refractivity contribution in [2.45, 2.75) is 26.7 Å². The fourth-order valence-electron chi connectivity index (χ4n) is 2.18. The highest BCUT2D eigenvalue weighted by atomic mass is 35.5. The first-order valence-corrected chi connectivity index (χ1v) is 7.42. The maximum absolute atomic E-state index is 6.30. The molecule has 1 aromatic carbocycles. The normalized spacial score (nSPS) is 11.3. The van der Waals surface area contributed by atoms with E-state index in [4.69, 9.17) is 28.9 Å². The zero-order chi connectivity index (χ0) is 14.9. The third-order valence-electron chi connectivity index (χ3n) is 3.32. The van der Waals surface area contributed by atoms with E-state index in [2.05, 4.69) is 18.9 Å². The van der Waals surface area contributed by atoms with Crippen molar-refractivity contribution in [2.24, 2.45) is 13.0 Å². The molecule has 2 rings (SSSR count). The van der Waals surface area contributed by atoms with Gasteiger partial charge in [0.15, 0.2) is 0 Å². The highest BCUT2D eigenvalue weighted by molar-refractivity contribution is 6.36. The zero-order valence-electron chi connectivity index (χ0n) is 12.0. The molecule has 108 valence electrons. The largest absolute Gasteiger partial charge is 0.383 e. The van der Waals surface area contributed by atoms with Gasteiger partial charge in [0.2, 0.25) is 0 Å². The summed E-state index contributed by atoms with van der Waals surface area (Å²) in [5.41, 5.74) is 8.96. The molecule has 20 heavy (non-hydrogen) atoms. The Bertz CT molecular complexity index is 618. The van der Waals surface area contributed by atoms with Gasteiger partial charge in [0.25, 0.3) is 0 Å². The molecular formula is C15H19Cl2N3. The third-order valence-corrected chi connectivity index (χ3v) is 3.87. The van der Waals surface area contributed by atoms with Gasteiger partial charge in [-0.05, 0) is 30.9 Å². The molecule has 2 N–H and O–H groups in total. The second kappa shape index (κ2) is 6.06. The van der Waals surface area contributed by atoms with Crippen LogP contribution in [0, 0.1) is 5.92 Å². The zero-order valence-corrected chi connectivity index (χ0v) is 13.5. The van der Waals surface area contributed by atoms with Crippen molar-refractivity contribution < 1.29 is 0 Å². The van der Waals surface area contributed by atoms with Gasteiger partial charge in [-0.2, -0.15) is 5.10 Å². The lowest BCUT2D eigenvalue weighted by Gasteiger charge is -2.08. The van der Waals surface area contributed by atoms with Gasteiger partial charge in [-0.1, -0.05) is 43.1 Å². The molecule has 0 saturated heterocycles. The lowest BCUT2D eigenvalue weighted by atomic mass is 10.00. The van der Waals surface area contributed by atoms with Gasteiger partial charge in [0.05, 0.1) is 10.7 Å². The van der Waals surface area contributed by atoms with Crippen LogP contribution < -0.4 is 5.73 Å². The number of halogens is 2. The second-order valence-electron chi connectivity index (χ2n) is 5.39. The molecular weight excluding hydrogens is 293 g/mol. The minimum Gasteiger partial charge on any atom is -0.383 e. The standard InChI is InChI=1S/C15H19Cl2N3/c1-9(2)4-7-13-14(15(18)20(3)19-13)11-6-5-10(16)8-12(11)17/h5-6,8-9H,4,7,18H2,1-3H3. The summed E-state index contributed by atoms with van der Waals surface area (Å²) in [5, 5.41) is 5.74. The van der Waals surface area contributed by atoms with Gasteiger partial charge in [-0.3, -0.25) is 4.68 Å². The van der Waals surface area contributed by atoms with Crippen LogP contribution in [-0.2, 0) is 13.5 Å². The van der Waals surface area contributed by atoms with E-state index >= 15 is 0 Å². The van der Waals surface area contributed by atoms with Gasteiger partial charge in [0.1, 0.15) is 5.82 Å². The molecule has 0 atom stereocenters. The Morgan fingerprint density at radius 2 is 2.00 bits per heavy atom. The van der Waals surface area contributed by atoms with E-state index in [9.17, 15) is 0 Å². The summed E-state index contributed by atoms with van der Waals surface area (Å²) in [6.07, 6.45) is 1.95. The molecule has 0 amide bonds. The van der Waals surface area contributed by atoms with E-state index in [-0.39, 0.29) is 0 Å². The molecule has 0 fully saturated rings. The van der Waals surface area contributed by atoms with Crippen LogP contribution in [0.25, 0.3) is 11.1 Å². The second-order valence-corrected chi connectivity index (χ2v) is 6.23. The Hall–Kier alpha value is -1.19. The number of hydrogen-bond acceptors (Lipinski definition) is 2. The number of anilines is 1. The monoisotopic (exact) mass is 311 g/mol. The Morgan fingerprint density at radius 1 is 1.30 bits per heavy atom. The molecule has 2 aromatic rings. The Morgan fingerprint density at radius 3 is 2.60 bits per heavy atom. The molecule has 0 radical (unpaired) electrons. The topological polar surface area (TPSA) is 43.8 Å². The summed E-state index contributed by atoms with van der Waals surface area (Å²) in [6.45, 7) is 4.39. The summed E-state index contributed by atoms with van der Waals surface area (Å²) in [7, 11) is 1.85. The fraction of sp³-hybridized carbons (Fsp3) is 0.400. The molecule has 0 aliphatic carbocycles. The van der Waals surface area contributed by atoms with E-state index in [0.29, 0.717) is 21.8 Å². The van der Waals surface area contributed by atoms with E-state index < -0.39 is 0 Å². The molecule has 0 bridgehead atoms. The van der Waals surface area contributed by atoms with E-state index in [1.54, 1.807) is 10.7 Å². The Labute approximate surface area is 129 Å². The van der Waals surface area contributed by atoms with Crippen molar-refractivity contribution in [3.63, 3.8) is 0 Å². The van der Waals surface area contributed by atoms with Crippen LogP contribution in [0.1, 0.15) is 26.0 Å². The SMILES string of the molecule is CC(C)CCc1nn(C)c(N)c1-c1ccc(Cl)cc1Cl. The van der Waals surface area contributed by atoms with Crippen molar-refractivity contribution in [2.75, 3.05) is 5.73 Å². The number of hydrogen-bond donors (Lipinski definition) is 1. The maximum Gasteiger partial charge on any atom is 0.129 e. The first-order chi connectivity index (χ1) is 9.40. The highest BCUT2D eigenvalue weighted by Gasteiger charge is 2.18. The quantitative estimate of drug-likeness (QED) is 0.899. The molecule has 1 heterocycles. The molecule has 0 aliphatic rings. The molecule has 0 aliphatic heterocycles. The van der Waals surface area contributed by atoms with Crippen LogP contribution in [-0.4, -0.2) is 9.78 Å². The number of nitrogens with two attached hydrogens (primary N) is 1. The summed E-state index contributed by atoms with van der Waals surface area (Å²) >= 11 is 12.3. The Kier molecular flexibility index (Phi) is 4.61. The van der Waals surface area contributed by atoms with E-state index in [1.807, 2.05) is 19.2 Å². The van der Waals surface area contributed by atoms with Crippen molar-refractivity contribution in [1.82, 2.24) is 9.78 Å². The molecule has 0 saturated carbocycles. The number of nitrogen functional groups attached to an aromatic ring is 1. The van der Waals surface area contributed by atoms with Crippen LogP contribution in [0.15, 0.2) is 18.2 Å². The Balaban J connectivity index is 2.48. The first-order valence-electron chi connectivity index (χ1n) is 6.67. The van der Waals surface area contributed by atoms with Crippen molar-refractivity contribution in [1.29, 1.82) is 0 Å². The van der Waals surface area contributed by atoms with Gasteiger partial charge >= 0.3 is 0 Å². The minimum absolute atomic E-state index is 0.600. The summed E-state index contributed by atoms with van der Waals surface area (Å²) in [6, 6.07) is 5.45. The van der Waals surface area contributed by atoms with Gasteiger partial charge < -0.3 is 5.73 Å². The molecule has 3 nitrogen and oxygen atoms in total. The number of benzene rings is 1. The number of nitrogens with zero attached hydrogens (tertiary/aromatic N) is 2. The van der Waals surface area contributed by atoms with E-state index in [1.165, 1.54) is 0 Å². The molecule has 5 heteroatoms. The van der Waals surface area contributed by atoms with Crippen LogP contribution in [0.3, 0.4) is 0 Å². The maximum atomic E-state index is 6.30. The highest BCUT2D eigenvalue weighted by Crippen LogP contribution is 2.36. The summed E-state index contributed by atoms with van der Waals surface area (Å²) < 4.78 is 1.70. The predicted molar refractivity (Wildman–Crippen MR) is 86.2 cm³/mol. The fourth-order valence-corrected chi connectivity index (χ4v) is 2.68. The van der Waals surface area contributed by atoms with Crippen LogP contribution >= 0.6 is 23.2 Å². The molecule has 0 unspecified atom stereocenters. The van der Waals surface area contributed by atoms with Crippen LogP contribution in [0.5, 0.6) is 0 Å². The van der Waals surface area contributed by atoms with Gasteiger partial charge in [-0.15, -0.1) is 0 Å². The van der Waals surface area contributed by atoms with Crippen molar-refractivity contribution >= 4 is 29.0 Å². The van der Waals surface area contributed by atoms with Gasteiger partial charge in [0, 0.05) is 23.2 Å². The number of rotatable bonds is 4. The van der Waals surface area contributed by atoms with Crippen molar-refractivity contribution in [3.05, 3.63) is 33.9 Å². The van der Waals surface area contributed by atoms with Gasteiger partial charge in [-0.25, -0.2) is 0 Å². The van der Waals surface area contributed by atoms with Crippen LogP contribution in [0.4, 0.5) is 5.82 Å². The third kappa shape index (κ3) is 3.10. The smallest absolute Gasteiger partial charge is 0.129 e. The lowest BCUT2D eigenvalue weighted by Crippen LogP contribution is -1.98. The lowest BCUT2D eigenvalue weighted by molar-refractivity contribution is 0.577. The predicted octanol–water partition coefficient (Wildman–Crippen LogP) is 4.56. The summed E-state index contributed by atoms with van der Waals surface area (Å²) in [4.78, 5) is 0. The summed E-state index contributed by atoms with van der Waals surface area (Å²) in [5.74, 6) is 1.25. The van der Waals surface area contributed by atoms with Crippen LogP contribution in [0.2, 0.25) is 10.0 Å².